The maximum atomic E-state index is 11.0. The number of amides is 1. The molecule has 0 aliphatic rings. The van der Waals surface area contributed by atoms with Crippen LogP contribution >= 0.6 is 23.4 Å². The first-order valence-electron chi connectivity index (χ1n) is 6.34. The van der Waals surface area contributed by atoms with Gasteiger partial charge in [-0.1, -0.05) is 11.6 Å². The monoisotopic (exact) mass is 331 g/mol. The van der Waals surface area contributed by atoms with Gasteiger partial charge in [0, 0.05) is 23.3 Å². The average molecular weight is 332 g/mol. The smallest absolute Gasteiger partial charge is 0.326 e. The normalized spacial score (nSPS) is 11.8. The Hall–Kier alpha value is -1.40. The van der Waals surface area contributed by atoms with Crippen LogP contribution in [0.25, 0.3) is 0 Å². The number of carboxylic acids is 1. The fraction of sp³-hybridized carbons (Fsp3) is 0.429. The van der Waals surface area contributed by atoms with Crippen LogP contribution < -0.4 is 10.1 Å². The zero-order valence-electron chi connectivity index (χ0n) is 11.9. The standard InChI is InChI=1S/C14H18ClNO4S/c1-9(17)16-12(14(18)19)5-6-21-8-10-7-11(15)3-4-13(10)20-2/h3-4,7,12H,5-6,8H2,1-2H3,(H,16,17)(H,18,19). The fourth-order valence-electron chi connectivity index (χ4n) is 1.75. The number of carbonyl (C=O) groups excluding carboxylic acids is 1. The number of hydrogen-bond acceptors (Lipinski definition) is 4. The molecule has 0 bridgehead atoms. The molecule has 1 unspecified atom stereocenters. The van der Waals surface area contributed by atoms with Gasteiger partial charge in [-0.05, 0) is 30.4 Å². The van der Waals surface area contributed by atoms with Crippen LogP contribution in [0.4, 0.5) is 0 Å². The highest BCUT2D eigenvalue weighted by atomic mass is 35.5. The topological polar surface area (TPSA) is 75.6 Å². The van der Waals surface area contributed by atoms with Crippen molar-refractivity contribution in [2.24, 2.45) is 0 Å². The Balaban J connectivity index is 2.48. The molecule has 21 heavy (non-hydrogen) atoms. The first kappa shape index (κ1) is 17.7. The lowest BCUT2D eigenvalue weighted by Gasteiger charge is -2.13. The SMILES string of the molecule is COc1ccc(Cl)cc1CSCCC(NC(C)=O)C(=O)O. The van der Waals surface area contributed by atoms with Crippen molar-refractivity contribution in [1.29, 1.82) is 0 Å². The van der Waals surface area contributed by atoms with Crippen LogP contribution in [-0.2, 0) is 15.3 Å². The van der Waals surface area contributed by atoms with E-state index in [0.717, 1.165) is 11.3 Å². The minimum absolute atomic E-state index is 0.344. The van der Waals surface area contributed by atoms with Gasteiger partial charge in [0.05, 0.1) is 7.11 Å². The molecular formula is C14H18ClNO4S. The summed E-state index contributed by atoms with van der Waals surface area (Å²) in [6.45, 7) is 1.31. The van der Waals surface area contributed by atoms with Gasteiger partial charge in [0.25, 0.3) is 0 Å². The van der Waals surface area contributed by atoms with Gasteiger partial charge in [-0.2, -0.15) is 11.8 Å². The van der Waals surface area contributed by atoms with Crippen molar-refractivity contribution in [1.82, 2.24) is 5.32 Å². The number of aliphatic carboxylic acids is 1. The largest absolute Gasteiger partial charge is 0.496 e. The van der Waals surface area contributed by atoms with Crippen LogP contribution in [0.5, 0.6) is 5.75 Å². The Morgan fingerprint density at radius 2 is 2.19 bits per heavy atom. The Labute approximate surface area is 133 Å². The summed E-state index contributed by atoms with van der Waals surface area (Å²) in [6, 6.07) is 4.54. The Kier molecular flexibility index (Phi) is 7.39. The lowest BCUT2D eigenvalue weighted by Crippen LogP contribution is -2.39. The van der Waals surface area contributed by atoms with Gasteiger partial charge in [0.2, 0.25) is 5.91 Å². The molecule has 5 nitrogen and oxygen atoms in total. The van der Waals surface area contributed by atoms with Gasteiger partial charge in [-0.3, -0.25) is 4.79 Å². The predicted molar refractivity (Wildman–Crippen MR) is 84.0 cm³/mol. The molecule has 1 atom stereocenters. The summed E-state index contributed by atoms with van der Waals surface area (Å²) in [6.07, 6.45) is 0.364. The van der Waals surface area contributed by atoms with Crippen molar-refractivity contribution in [2.75, 3.05) is 12.9 Å². The third-order valence-electron chi connectivity index (χ3n) is 2.73. The molecule has 7 heteroatoms. The highest BCUT2D eigenvalue weighted by Crippen LogP contribution is 2.26. The summed E-state index contributed by atoms with van der Waals surface area (Å²) in [4.78, 5) is 21.9. The van der Waals surface area contributed by atoms with Crippen molar-refractivity contribution in [3.05, 3.63) is 28.8 Å². The van der Waals surface area contributed by atoms with E-state index in [4.69, 9.17) is 21.4 Å². The number of thioether (sulfide) groups is 1. The van der Waals surface area contributed by atoms with Gasteiger partial charge < -0.3 is 15.2 Å². The molecule has 0 aromatic heterocycles. The highest BCUT2D eigenvalue weighted by molar-refractivity contribution is 7.98. The van der Waals surface area contributed by atoms with Crippen LogP contribution in [0.1, 0.15) is 18.9 Å². The van der Waals surface area contributed by atoms with E-state index in [-0.39, 0.29) is 5.91 Å². The molecule has 1 aromatic carbocycles. The quantitative estimate of drug-likeness (QED) is 0.716. The molecular weight excluding hydrogens is 314 g/mol. The van der Waals surface area contributed by atoms with Gasteiger partial charge in [-0.25, -0.2) is 4.79 Å². The maximum Gasteiger partial charge on any atom is 0.326 e. The van der Waals surface area contributed by atoms with Crippen LogP contribution in [-0.4, -0.2) is 35.9 Å². The molecule has 0 aliphatic carbocycles. The molecule has 0 heterocycles. The molecule has 0 spiro atoms. The maximum absolute atomic E-state index is 11.0. The Morgan fingerprint density at radius 1 is 1.48 bits per heavy atom. The predicted octanol–water partition coefficient (Wildman–Crippen LogP) is 2.56. The van der Waals surface area contributed by atoms with Crippen molar-refractivity contribution < 1.29 is 19.4 Å². The van der Waals surface area contributed by atoms with Crippen LogP contribution in [0.2, 0.25) is 5.02 Å². The number of benzene rings is 1. The number of nitrogens with one attached hydrogen (secondary N) is 1. The minimum Gasteiger partial charge on any atom is -0.496 e. The van der Waals surface area contributed by atoms with E-state index in [1.54, 1.807) is 31.0 Å². The summed E-state index contributed by atoms with van der Waals surface area (Å²) < 4.78 is 5.25. The Bertz CT molecular complexity index is 510. The van der Waals surface area contributed by atoms with E-state index in [1.165, 1.54) is 6.92 Å². The second-order valence-corrected chi connectivity index (χ2v) is 5.93. The molecule has 1 aromatic rings. The van der Waals surface area contributed by atoms with Crippen LogP contribution in [0.3, 0.4) is 0 Å². The van der Waals surface area contributed by atoms with E-state index in [0.29, 0.717) is 22.9 Å². The number of rotatable bonds is 8. The number of methoxy groups -OCH3 is 1. The minimum atomic E-state index is -1.02. The highest BCUT2D eigenvalue weighted by Gasteiger charge is 2.17. The van der Waals surface area contributed by atoms with Crippen molar-refractivity contribution in [3.8, 4) is 5.75 Å². The Morgan fingerprint density at radius 3 is 2.76 bits per heavy atom. The van der Waals surface area contributed by atoms with E-state index in [2.05, 4.69) is 5.32 Å². The summed E-state index contributed by atoms with van der Waals surface area (Å²) in [7, 11) is 1.59. The average Bonchev–Trinajstić information content (AvgIpc) is 2.41. The summed E-state index contributed by atoms with van der Waals surface area (Å²) in [5.41, 5.74) is 0.960. The molecule has 2 N–H and O–H groups in total. The van der Waals surface area contributed by atoms with Crippen LogP contribution in [0.15, 0.2) is 18.2 Å². The second kappa shape index (κ2) is 8.79. The zero-order chi connectivity index (χ0) is 15.8. The van der Waals surface area contributed by atoms with Crippen molar-refractivity contribution in [3.63, 3.8) is 0 Å². The van der Waals surface area contributed by atoms with Gasteiger partial charge in [-0.15, -0.1) is 0 Å². The van der Waals surface area contributed by atoms with Gasteiger partial charge in [0.1, 0.15) is 11.8 Å². The molecule has 0 saturated heterocycles. The van der Waals surface area contributed by atoms with Crippen molar-refractivity contribution >= 4 is 35.2 Å². The lowest BCUT2D eigenvalue weighted by atomic mass is 10.2. The number of ether oxygens (including phenoxy) is 1. The summed E-state index contributed by atoms with van der Waals surface area (Å²) in [5, 5.41) is 12.0. The molecule has 116 valence electrons. The second-order valence-electron chi connectivity index (χ2n) is 4.39. The molecule has 0 fully saturated rings. The lowest BCUT2D eigenvalue weighted by molar-refractivity contribution is -0.141. The first-order valence-corrected chi connectivity index (χ1v) is 7.87. The van der Waals surface area contributed by atoms with E-state index in [1.807, 2.05) is 6.07 Å². The van der Waals surface area contributed by atoms with Crippen molar-refractivity contribution in [2.45, 2.75) is 25.1 Å². The fourth-order valence-corrected chi connectivity index (χ4v) is 2.93. The van der Waals surface area contributed by atoms with E-state index >= 15 is 0 Å². The number of carbonyl (C=O) groups is 2. The molecule has 1 rings (SSSR count). The van der Waals surface area contributed by atoms with Gasteiger partial charge in [0.15, 0.2) is 0 Å². The molecule has 1 amide bonds. The third-order valence-corrected chi connectivity index (χ3v) is 4.00. The van der Waals surface area contributed by atoms with Gasteiger partial charge >= 0.3 is 5.97 Å². The molecule has 0 aliphatic heterocycles. The molecule has 0 radical (unpaired) electrons. The third kappa shape index (κ3) is 6.27. The zero-order valence-corrected chi connectivity index (χ0v) is 13.5. The van der Waals surface area contributed by atoms with E-state index in [9.17, 15) is 9.59 Å². The number of hydrogen-bond donors (Lipinski definition) is 2. The summed E-state index contributed by atoms with van der Waals surface area (Å²) in [5.74, 6) is 0.655. The number of halogens is 1. The first-order chi connectivity index (χ1) is 9.93. The molecule has 0 saturated carbocycles. The van der Waals surface area contributed by atoms with Crippen LogP contribution in [0, 0.1) is 0 Å². The number of carboxylic acid groups (broad SMARTS) is 1. The summed E-state index contributed by atoms with van der Waals surface area (Å²) >= 11 is 7.51. The van der Waals surface area contributed by atoms with E-state index < -0.39 is 12.0 Å².